The number of nitrogens with zero attached hydrogens (tertiary/aromatic N) is 1. The maximum atomic E-state index is 11.9. The van der Waals surface area contributed by atoms with E-state index in [2.05, 4.69) is 16.2 Å². The predicted octanol–water partition coefficient (Wildman–Crippen LogP) is 2.60. The average Bonchev–Trinajstić information content (AvgIpc) is 2.65. The summed E-state index contributed by atoms with van der Waals surface area (Å²) in [4.78, 5) is 33.8. The number of carbonyl (C=O) groups excluding carboxylic acids is 2. The molecule has 0 aliphatic heterocycles. The van der Waals surface area contributed by atoms with E-state index in [1.54, 1.807) is 18.2 Å². The molecule has 0 saturated carbocycles. The number of hydrazine groups is 1. The summed E-state index contributed by atoms with van der Waals surface area (Å²) in [7, 11) is 0. The van der Waals surface area contributed by atoms with Crippen molar-refractivity contribution in [1.29, 1.82) is 0 Å². The zero-order valence-corrected chi connectivity index (χ0v) is 15.2. The number of nitrogens with one attached hydrogen (secondary N) is 3. The first-order valence-electron chi connectivity index (χ1n) is 7.45. The monoisotopic (exact) mass is 404 g/mol. The number of thiocarbonyl (C=S) groups is 1. The van der Waals surface area contributed by atoms with Crippen molar-refractivity contribution in [2.45, 2.75) is 0 Å². The lowest BCUT2D eigenvalue weighted by atomic mass is 10.2. The second-order valence-corrected chi connectivity index (χ2v) is 5.87. The third-order valence-electron chi connectivity index (χ3n) is 3.18. The highest BCUT2D eigenvalue weighted by Gasteiger charge is 2.10. The van der Waals surface area contributed by atoms with Crippen molar-refractivity contribution in [2.24, 2.45) is 0 Å². The van der Waals surface area contributed by atoms with Crippen molar-refractivity contribution in [3.63, 3.8) is 0 Å². The van der Waals surface area contributed by atoms with Crippen LogP contribution in [0, 0.1) is 10.1 Å². The van der Waals surface area contributed by atoms with E-state index >= 15 is 0 Å². The Kier molecular flexibility index (Phi) is 6.98. The van der Waals surface area contributed by atoms with Crippen LogP contribution in [0.15, 0.2) is 54.6 Å². The minimum atomic E-state index is -0.544. The molecule has 0 aliphatic carbocycles. The van der Waals surface area contributed by atoms with E-state index in [0.29, 0.717) is 5.56 Å². The normalized spacial score (nSPS) is 10.3. The molecule has 0 unspecified atom stereocenters. The van der Waals surface area contributed by atoms with E-state index in [4.69, 9.17) is 23.8 Å². The van der Waals surface area contributed by atoms with E-state index in [1.165, 1.54) is 42.5 Å². The summed E-state index contributed by atoms with van der Waals surface area (Å²) >= 11 is 10.8. The van der Waals surface area contributed by atoms with Crippen molar-refractivity contribution in [1.82, 2.24) is 16.2 Å². The van der Waals surface area contributed by atoms with Crippen LogP contribution in [0.1, 0.15) is 15.9 Å². The number of nitro benzene ring substituents is 1. The molecule has 0 radical (unpaired) electrons. The molecule has 0 spiro atoms. The molecular weight excluding hydrogens is 392 g/mol. The largest absolute Gasteiger partial charge is 0.298 e. The fourth-order valence-corrected chi connectivity index (χ4v) is 2.26. The summed E-state index contributed by atoms with van der Waals surface area (Å²) in [6, 6.07) is 12.1. The minimum Gasteiger partial charge on any atom is -0.298 e. The molecule has 0 aromatic heterocycles. The molecule has 27 heavy (non-hydrogen) atoms. The Morgan fingerprint density at radius 2 is 1.74 bits per heavy atom. The highest BCUT2D eigenvalue weighted by molar-refractivity contribution is 7.80. The first kappa shape index (κ1) is 20.0. The summed E-state index contributed by atoms with van der Waals surface area (Å²) < 4.78 is 0. The second kappa shape index (κ2) is 9.41. The highest BCUT2D eigenvalue weighted by Crippen LogP contribution is 2.14. The molecule has 2 aromatic rings. The Morgan fingerprint density at radius 3 is 2.37 bits per heavy atom. The van der Waals surface area contributed by atoms with Crippen molar-refractivity contribution >= 4 is 52.5 Å². The third kappa shape index (κ3) is 6.17. The van der Waals surface area contributed by atoms with Crippen LogP contribution in [0.4, 0.5) is 5.69 Å². The Bertz CT molecular complexity index is 915. The highest BCUT2D eigenvalue weighted by atomic mass is 35.5. The van der Waals surface area contributed by atoms with Gasteiger partial charge in [-0.1, -0.05) is 23.7 Å². The molecule has 2 rings (SSSR count). The number of amides is 2. The lowest BCUT2D eigenvalue weighted by molar-refractivity contribution is -0.384. The molecule has 8 nitrogen and oxygen atoms in total. The van der Waals surface area contributed by atoms with Crippen LogP contribution in [0.3, 0.4) is 0 Å². The van der Waals surface area contributed by atoms with E-state index in [1.807, 2.05) is 0 Å². The average molecular weight is 405 g/mol. The number of carbonyl (C=O) groups is 2. The molecule has 2 aromatic carbocycles. The lowest BCUT2D eigenvalue weighted by Gasteiger charge is -2.10. The second-order valence-electron chi connectivity index (χ2n) is 5.06. The van der Waals surface area contributed by atoms with Crippen LogP contribution in [-0.4, -0.2) is 21.9 Å². The van der Waals surface area contributed by atoms with Gasteiger partial charge < -0.3 is 0 Å². The zero-order valence-electron chi connectivity index (χ0n) is 13.6. The van der Waals surface area contributed by atoms with Gasteiger partial charge in [0, 0.05) is 18.2 Å². The topological polar surface area (TPSA) is 113 Å². The van der Waals surface area contributed by atoms with Crippen molar-refractivity contribution in [3.8, 4) is 0 Å². The predicted molar refractivity (Wildman–Crippen MR) is 105 cm³/mol. The summed E-state index contributed by atoms with van der Waals surface area (Å²) in [6.45, 7) is 0. The number of halogens is 1. The number of rotatable bonds is 4. The molecule has 138 valence electrons. The standard InChI is InChI=1S/C17H13ClN4O4S/c18-14-4-2-1-3-13(14)16(24)20-21-17(27)19-15(23)10-7-11-5-8-12(9-6-11)22(25)26/h1-10H,(H,20,24)(H2,19,21,23,27)/b10-7+. The van der Waals surface area contributed by atoms with Crippen molar-refractivity contribution in [2.75, 3.05) is 0 Å². The van der Waals surface area contributed by atoms with Crippen LogP contribution in [0.5, 0.6) is 0 Å². The fourth-order valence-electron chi connectivity index (χ4n) is 1.89. The quantitative estimate of drug-likeness (QED) is 0.312. The maximum absolute atomic E-state index is 11.9. The summed E-state index contributed by atoms with van der Waals surface area (Å²) in [6.07, 6.45) is 2.66. The van der Waals surface area contributed by atoms with Gasteiger partial charge in [-0.3, -0.25) is 35.9 Å². The lowest BCUT2D eigenvalue weighted by Crippen LogP contribution is -2.48. The van der Waals surface area contributed by atoms with Gasteiger partial charge in [0.2, 0.25) is 5.91 Å². The Morgan fingerprint density at radius 1 is 1.07 bits per heavy atom. The minimum absolute atomic E-state index is 0.0451. The fraction of sp³-hybridized carbons (Fsp3) is 0. The molecule has 0 aliphatic rings. The Balaban J connectivity index is 1.83. The molecule has 2 amide bonds. The molecule has 3 N–H and O–H groups in total. The number of hydrogen-bond acceptors (Lipinski definition) is 5. The van der Waals surface area contributed by atoms with Crippen LogP contribution in [-0.2, 0) is 4.79 Å². The number of hydrogen-bond donors (Lipinski definition) is 3. The van der Waals surface area contributed by atoms with E-state index in [9.17, 15) is 19.7 Å². The first-order valence-corrected chi connectivity index (χ1v) is 8.24. The van der Waals surface area contributed by atoms with E-state index < -0.39 is 16.7 Å². The first-order chi connectivity index (χ1) is 12.9. The van der Waals surface area contributed by atoms with Crippen LogP contribution in [0.2, 0.25) is 5.02 Å². The SMILES string of the molecule is O=C(/C=C/c1ccc([N+](=O)[O-])cc1)NC(=S)NNC(=O)c1ccccc1Cl. The molecule has 10 heteroatoms. The summed E-state index contributed by atoms with van der Waals surface area (Å²) in [5, 5.41) is 13.1. The molecule has 0 bridgehead atoms. The summed E-state index contributed by atoms with van der Waals surface area (Å²) in [5.74, 6) is -1.06. The third-order valence-corrected chi connectivity index (χ3v) is 3.71. The zero-order chi connectivity index (χ0) is 19.8. The van der Waals surface area contributed by atoms with Gasteiger partial charge in [-0.15, -0.1) is 0 Å². The number of nitro groups is 1. The Labute approximate surface area is 164 Å². The van der Waals surface area contributed by atoms with Crippen LogP contribution in [0.25, 0.3) is 6.08 Å². The molecular formula is C17H13ClN4O4S. The van der Waals surface area contributed by atoms with Gasteiger partial charge in [0.15, 0.2) is 5.11 Å². The van der Waals surface area contributed by atoms with Crippen molar-refractivity contribution < 1.29 is 14.5 Å². The van der Waals surface area contributed by atoms with Gasteiger partial charge in [0.1, 0.15) is 0 Å². The van der Waals surface area contributed by atoms with Gasteiger partial charge in [0.05, 0.1) is 15.5 Å². The summed E-state index contributed by atoms with van der Waals surface area (Å²) in [5.41, 5.74) is 5.51. The van der Waals surface area contributed by atoms with Gasteiger partial charge in [-0.2, -0.15) is 0 Å². The number of non-ortho nitro benzene ring substituents is 1. The Hall–Kier alpha value is -3.30. The van der Waals surface area contributed by atoms with Crippen LogP contribution < -0.4 is 16.2 Å². The molecule has 0 atom stereocenters. The maximum Gasteiger partial charge on any atom is 0.271 e. The molecule has 0 saturated heterocycles. The van der Waals surface area contributed by atoms with Crippen LogP contribution >= 0.6 is 23.8 Å². The van der Waals surface area contributed by atoms with Gasteiger partial charge in [-0.25, -0.2) is 0 Å². The van der Waals surface area contributed by atoms with E-state index in [-0.39, 0.29) is 21.4 Å². The van der Waals surface area contributed by atoms with Crippen molar-refractivity contribution in [3.05, 3.63) is 80.9 Å². The number of benzene rings is 2. The van der Waals surface area contributed by atoms with Gasteiger partial charge in [-0.05, 0) is 48.1 Å². The van der Waals surface area contributed by atoms with Gasteiger partial charge in [0.25, 0.3) is 11.6 Å². The van der Waals surface area contributed by atoms with Gasteiger partial charge >= 0.3 is 0 Å². The molecule has 0 fully saturated rings. The molecule has 0 heterocycles. The van der Waals surface area contributed by atoms with E-state index in [0.717, 1.165) is 0 Å². The smallest absolute Gasteiger partial charge is 0.271 e.